The monoisotopic (exact) mass is 302 g/mol. The molecule has 1 unspecified atom stereocenters. The fourth-order valence-corrected chi connectivity index (χ4v) is 2.80. The van der Waals surface area contributed by atoms with Crippen LogP contribution in [0, 0.1) is 21.4 Å². The van der Waals surface area contributed by atoms with Crippen LogP contribution in [0.2, 0.25) is 0 Å². The SMILES string of the molecule is CCCC(Nc1ncc([N+](=O)[O-])cc1C#N)c1cccs1. The van der Waals surface area contributed by atoms with E-state index in [-0.39, 0.29) is 17.3 Å². The van der Waals surface area contributed by atoms with Crippen LogP contribution in [0.25, 0.3) is 0 Å². The predicted molar refractivity (Wildman–Crippen MR) is 81.2 cm³/mol. The van der Waals surface area contributed by atoms with Gasteiger partial charge in [-0.25, -0.2) is 4.98 Å². The van der Waals surface area contributed by atoms with E-state index in [2.05, 4.69) is 17.2 Å². The molecule has 0 aromatic carbocycles. The second kappa shape index (κ2) is 6.81. The Hall–Kier alpha value is -2.46. The third-order valence-electron chi connectivity index (χ3n) is 2.98. The zero-order valence-electron chi connectivity index (χ0n) is 11.4. The zero-order chi connectivity index (χ0) is 15.2. The van der Waals surface area contributed by atoms with E-state index in [9.17, 15) is 10.1 Å². The number of hydrogen-bond donors (Lipinski definition) is 1. The van der Waals surface area contributed by atoms with E-state index in [0.29, 0.717) is 5.82 Å². The van der Waals surface area contributed by atoms with Gasteiger partial charge in [-0.15, -0.1) is 11.3 Å². The molecule has 21 heavy (non-hydrogen) atoms. The van der Waals surface area contributed by atoms with Crippen LogP contribution in [-0.2, 0) is 0 Å². The molecule has 0 saturated carbocycles. The smallest absolute Gasteiger partial charge is 0.289 e. The summed E-state index contributed by atoms with van der Waals surface area (Å²) in [4.78, 5) is 15.4. The molecule has 2 rings (SSSR count). The summed E-state index contributed by atoms with van der Waals surface area (Å²) in [5.41, 5.74) is 0.00197. The van der Waals surface area contributed by atoms with Crippen molar-refractivity contribution >= 4 is 22.8 Å². The van der Waals surface area contributed by atoms with E-state index >= 15 is 0 Å². The van der Waals surface area contributed by atoms with Crippen LogP contribution in [0.5, 0.6) is 0 Å². The molecule has 0 aliphatic rings. The molecule has 0 aliphatic heterocycles. The minimum absolute atomic E-state index is 0.0519. The maximum absolute atomic E-state index is 10.7. The Balaban J connectivity index is 2.29. The third-order valence-corrected chi connectivity index (χ3v) is 3.97. The molecule has 0 radical (unpaired) electrons. The molecular formula is C14H14N4O2S. The lowest BCUT2D eigenvalue weighted by molar-refractivity contribution is -0.385. The number of nitrogens with zero attached hydrogens (tertiary/aromatic N) is 3. The summed E-state index contributed by atoms with van der Waals surface area (Å²) < 4.78 is 0. The molecule has 0 fully saturated rings. The Morgan fingerprint density at radius 2 is 2.43 bits per heavy atom. The molecule has 6 nitrogen and oxygen atoms in total. The third kappa shape index (κ3) is 3.55. The molecule has 0 saturated heterocycles. The molecule has 7 heteroatoms. The summed E-state index contributed by atoms with van der Waals surface area (Å²) in [6.07, 6.45) is 3.04. The van der Waals surface area contributed by atoms with Gasteiger partial charge in [0.15, 0.2) is 0 Å². The minimum Gasteiger partial charge on any atom is -0.361 e. The lowest BCUT2D eigenvalue weighted by atomic mass is 10.1. The number of nitro groups is 1. The normalized spacial score (nSPS) is 11.6. The molecule has 1 N–H and O–H groups in total. The summed E-state index contributed by atoms with van der Waals surface area (Å²) >= 11 is 1.63. The first-order chi connectivity index (χ1) is 10.2. The van der Waals surface area contributed by atoms with Crippen molar-refractivity contribution < 1.29 is 4.92 Å². The van der Waals surface area contributed by atoms with Gasteiger partial charge < -0.3 is 5.32 Å². The van der Waals surface area contributed by atoms with E-state index < -0.39 is 4.92 Å². The van der Waals surface area contributed by atoms with Gasteiger partial charge in [-0.05, 0) is 17.9 Å². The average molecular weight is 302 g/mol. The van der Waals surface area contributed by atoms with Crippen LogP contribution in [-0.4, -0.2) is 9.91 Å². The molecule has 108 valence electrons. The van der Waals surface area contributed by atoms with Gasteiger partial charge in [0.25, 0.3) is 5.69 Å². The Labute approximate surface area is 126 Å². The summed E-state index contributed by atoms with van der Waals surface area (Å²) in [7, 11) is 0. The number of nitrogens with one attached hydrogen (secondary N) is 1. The summed E-state index contributed by atoms with van der Waals surface area (Å²) in [6, 6.07) is 7.25. The highest BCUT2D eigenvalue weighted by Gasteiger charge is 2.17. The van der Waals surface area contributed by atoms with Crippen molar-refractivity contribution in [1.29, 1.82) is 5.26 Å². The fourth-order valence-electron chi connectivity index (χ4n) is 1.98. The summed E-state index contributed by atoms with van der Waals surface area (Å²) in [5.74, 6) is 0.384. The first-order valence-electron chi connectivity index (χ1n) is 6.50. The highest BCUT2D eigenvalue weighted by molar-refractivity contribution is 7.10. The van der Waals surface area contributed by atoms with E-state index in [1.54, 1.807) is 11.3 Å². The number of aromatic nitrogens is 1. The average Bonchev–Trinajstić information content (AvgIpc) is 3.01. The van der Waals surface area contributed by atoms with E-state index in [4.69, 9.17) is 5.26 Å². The van der Waals surface area contributed by atoms with Crippen molar-refractivity contribution in [2.24, 2.45) is 0 Å². The van der Waals surface area contributed by atoms with Crippen molar-refractivity contribution in [1.82, 2.24) is 4.98 Å². The molecule has 0 spiro atoms. The molecule has 2 aromatic heterocycles. The van der Waals surface area contributed by atoms with Crippen molar-refractivity contribution in [2.75, 3.05) is 5.32 Å². The molecule has 0 aliphatic carbocycles. The Morgan fingerprint density at radius 1 is 1.62 bits per heavy atom. The summed E-state index contributed by atoms with van der Waals surface area (Å²) in [6.45, 7) is 2.08. The first-order valence-corrected chi connectivity index (χ1v) is 7.38. The topological polar surface area (TPSA) is 91.8 Å². The number of thiophene rings is 1. The molecule has 0 bridgehead atoms. The maximum atomic E-state index is 10.7. The standard InChI is InChI=1S/C14H14N4O2S/c1-2-4-12(13-5-3-6-21-13)17-14-10(8-15)7-11(9-16-14)18(19)20/h3,5-7,9,12H,2,4H2,1H3,(H,16,17). The highest BCUT2D eigenvalue weighted by Crippen LogP contribution is 2.28. The fraction of sp³-hybridized carbons (Fsp3) is 0.286. The number of pyridine rings is 1. The number of nitriles is 1. The van der Waals surface area contributed by atoms with Gasteiger partial charge in [-0.2, -0.15) is 5.26 Å². The van der Waals surface area contributed by atoms with Crippen molar-refractivity contribution in [3.05, 3.63) is 50.3 Å². The van der Waals surface area contributed by atoms with E-state index in [1.807, 2.05) is 23.6 Å². The van der Waals surface area contributed by atoms with Gasteiger partial charge >= 0.3 is 0 Å². The maximum Gasteiger partial charge on any atom is 0.289 e. The van der Waals surface area contributed by atoms with Crippen LogP contribution < -0.4 is 5.32 Å². The van der Waals surface area contributed by atoms with E-state index in [0.717, 1.165) is 17.7 Å². The van der Waals surface area contributed by atoms with Crippen LogP contribution in [0.15, 0.2) is 29.8 Å². The van der Waals surface area contributed by atoms with Gasteiger partial charge in [0.05, 0.1) is 11.0 Å². The lowest BCUT2D eigenvalue weighted by Crippen LogP contribution is -2.11. The molecule has 1 atom stereocenters. The number of rotatable bonds is 6. The molecule has 2 aromatic rings. The van der Waals surface area contributed by atoms with Crippen molar-refractivity contribution in [2.45, 2.75) is 25.8 Å². The second-order valence-corrected chi connectivity index (χ2v) is 5.44. The Bertz CT molecular complexity index is 664. The van der Waals surface area contributed by atoms with Gasteiger partial charge in [0.2, 0.25) is 0 Å². The van der Waals surface area contributed by atoms with Crippen molar-refractivity contribution in [3.63, 3.8) is 0 Å². The predicted octanol–water partition coefficient (Wildman–Crippen LogP) is 3.88. The molecule has 0 amide bonds. The number of hydrogen-bond acceptors (Lipinski definition) is 6. The Morgan fingerprint density at radius 3 is 3.00 bits per heavy atom. The molecule has 2 heterocycles. The van der Waals surface area contributed by atoms with E-state index in [1.165, 1.54) is 12.3 Å². The van der Waals surface area contributed by atoms with Crippen LogP contribution in [0.3, 0.4) is 0 Å². The first kappa shape index (κ1) is 14.9. The molecular weight excluding hydrogens is 288 g/mol. The number of anilines is 1. The lowest BCUT2D eigenvalue weighted by Gasteiger charge is -2.17. The van der Waals surface area contributed by atoms with Crippen molar-refractivity contribution in [3.8, 4) is 6.07 Å². The van der Waals surface area contributed by atoms with Gasteiger partial charge in [0.1, 0.15) is 23.6 Å². The van der Waals surface area contributed by atoms with Gasteiger partial charge in [0, 0.05) is 10.9 Å². The van der Waals surface area contributed by atoms with Crippen LogP contribution in [0.1, 0.15) is 36.2 Å². The summed E-state index contributed by atoms with van der Waals surface area (Å²) in [5, 5.41) is 25.1. The van der Waals surface area contributed by atoms with Crippen LogP contribution >= 0.6 is 11.3 Å². The Kier molecular flexibility index (Phi) is 4.85. The highest BCUT2D eigenvalue weighted by atomic mass is 32.1. The van der Waals surface area contributed by atoms with Gasteiger partial charge in [-0.3, -0.25) is 10.1 Å². The minimum atomic E-state index is -0.555. The quantitative estimate of drug-likeness (QED) is 0.645. The largest absolute Gasteiger partial charge is 0.361 e. The zero-order valence-corrected chi connectivity index (χ0v) is 12.3. The van der Waals surface area contributed by atoms with Gasteiger partial charge in [-0.1, -0.05) is 19.4 Å². The van der Waals surface area contributed by atoms with Crippen LogP contribution in [0.4, 0.5) is 11.5 Å². The second-order valence-electron chi connectivity index (χ2n) is 4.46.